The van der Waals surface area contributed by atoms with E-state index in [1.807, 2.05) is 12.1 Å². The molecule has 4 nitrogen and oxygen atoms in total. The van der Waals surface area contributed by atoms with Crippen molar-refractivity contribution in [2.75, 3.05) is 11.9 Å². The Labute approximate surface area is 197 Å². The largest absolute Gasteiger partial charge is 0.343 e. The van der Waals surface area contributed by atoms with Crippen LogP contribution in [0.3, 0.4) is 0 Å². The van der Waals surface area contributed by atoms with Gasteiger partial charge in [-0.25, -0.2) is 5.01 Å². The highest BCUT2D eigenvalue weighted by atomic mass is 32.2. The molecule has 2 heterocycles. The Kier molecular flexibility index (Phi) is 4.73. The van der Waals surface area contributed by atoms with Crippen molar-refractivity contribution in [2.24, 2.45) is 5.10 Å². The number of benzene rings is 4. The topological polar surface area (TPSA) is 35.9 Å². The monoisotopic (exact) mass is 449 g/mol. The quantitative estimate of drug-likeness (QED) is 0.339. The third-order valence-corrected chi connectivity index (χ3v) is 7.60. The first-order valence-corrected chi connectivity index (χ1v) is 11.9. The number of hydrogen-bond acceptors (Lipinski definition) is 4. The molecule has 0 fully saturated rings. The summed E-state index contributed by atoms with van der Waals surface area (Å²) in [5.74, 6) is -0.0383. The summed E-state index contributed by atoms with van der Waals surface area (Å²) >= 11 is 1.78. The number of para-hydroxylation sites is 1. The molecule has 0 N–H and O–H groups in total. The van der Waals surface area contributed by atoms with Crippen molar-refractivity contribution < 1.29 is 4.79 Å². The Morgan fingerprint density at radius 3 is 2.48 bits per heavy atom. The van der Waals surface area contributed by atoms with Gasteiger partial charge in [-0.15, -0.1) is 0 Å². The van der Waals surface area contributed by atoms with E-state index in [9.17, 15) is 4.79 Å². The molecule has 0 radical (unpaired) electrons. The number of carbonyl (C=O) groups is 1. The maximum absolute atomic E-state index is 12.5. The fourth-order valence-electron chi connectivity index (χ4n) is 4.77. The van der Waals surface area contributed by atoms with Crippen LogP contribution in [-0.4, -0.2) is 23.7 Å². The molecule has 0 aromatic heterocycles. The number of hydrazone groups is 1. The van der Waals surface area contributed by atoms with Crippen LogP contribution >= 0.6 is 11.8 Å². The van der Waals surface area contributed by atoms with E-state index in [-0.39, 0.29) is 11.9 Å². The fourth-order valence-corrected chi connectivity index (χ4v) is 5.97. The van der Waals surface area contributed by atoms with Gasteiger partial charge in [0.15, 0.2) is 0 Å². The van der Waals surface area contributed by atoms with Crippen molar-refractivity contribution in [3.8, 4) is 0 Å². The smallest absolute Gasteiger partial charge is 0.240 e. The number of fused-ring (bicyclic) bond motifs is 3. The van der Waals surface area contributed by atoms with Crippen LogP contribution in [-0.2, 0) is 4.79 Å². The summed E-state index contributed by atoms with van der Waals surface area (Å²) in [6, 6.07) is 29.6. The highest BCUT2D eigenvalue weighted by Gasteiger charge is 2.32. The molecule has 0 saturated heterocycles. The molecular weight excluding hydrogens is 426 g/mol. The normalized spacial score (nSPS) is 17.0. The standard InChI is InChI=1S/C28H23N3OS/c1-18(32)31-26(17-23(29-31)21-12-11-19-7-3-4-8-20(19)15-21)22-13-14-25-28(16-22)33-27-10-6-5-9-24(27)30(25)2/h3-16,26H,17H2,1-2H3. The van der Waals surface area contributed by atoms with E-state index in [0.29, 0.717) is 6.42 Å². The first kappa shape index (κ1) is 20.1. The zero-order chi connectivity index (χ0) is 22.5. The zero-order valence-electron chi connectivity index (χ0n) is 18.5. The van der Waals surface area contributed by atoms with Gasteiger partial charge in [0.05, 0.1) is 23.1 Å². The van der Waals surface area contributed by atoms with Gasteiger partial charge in [0.25, 0.3) is 0 Å². The maximum Gasteiger partial charge on any atom is 0.240 e. The Bertz CT molecular complexity index is 1440. The lowest BCUT2D eigenvalue weighted by molar-refractivity contribution is -0.130. The first-order valence-electron chi connectivity index (χ1n) is 11.1. The number of amides is 1. The number of nitrogens with zero attached hydrogens (tertiary/aromatic N) is 3. The van der Waals surface area contributed by atoms with Gasteiger partial charge in [0.1, 0.15) is 0 Å². The van der Waals surface area contributed by atoms with Gasteiger partial charge in [-0.2, -0.15) is 5.10 Å². The van der Waals surface area contributed by atoms with Gasteiger partial charge in [-0.05, 0) is 52.2 Å². The third-order valence-electron chi connectivity index (χ3n) is 6.49. The molecule has 6 rings (SSSR count). The molecule has 0 spiro atoms. The lowest BCUT2D eigenvalue weighted by atomic mass is 9.96. The molecule has 5 heteroatoms. The molecule has 1 amide bonds. The average molecular weight is 450 g/mol. The van der Waals surface area contributed by atoms with Gasteiger partial charge >= 0.3 is 0 Å². The van der Waals surface area contributed by atoms with Crippen LogP contribution in [0.4, 0.5) is 11.4 Å². The highest BCUT2D eigenvalue weighted by molar-refractivity contribution is 7.99. The summed E-state index contributed by atoms with van der Waals surface area (Å²) in [5, 5.41) is 8.81. The van der Waals surface area contributed by atoms with Crippen LogP contribution in [0.2, 0.25) is 0 Å². The summed E-state index contributed by atoms with van der Waals surface area (Å²) in [6.07, 6.45) is 0.702. The Morgan fingerprint density at radius 1 is 0.879 bits per heavy atom. The number of anilines is 2. The van der Waals surface area contributed by atoms with Crippen LogP contribution in [0.25, 0.3) is 10.8 Å². The minimum Gasteiger partial charge on any atom is -0.343 e. The van der Waals surface area contributed by atoms with Gasteiger partial charge in [0.2, 0.25) is 5.91 Å². The predicted molar refractivity (Wildman–Crippen MR) is 135 cm³/mol. The third kappa shape index (κ3) is 3.40. The van der Waals surface area contributed by atoms with Crippen molar-refractivity contribution in [1.82, 2.24) is 5.01 Å². The summed E-state index contributed by atoms with van der Waals surface area (Å²) < 4.78 is 0. The van der Waals surface area contributed by atoms with Crippen molar-refractivity contribution in [3.05, 3.63) is 96.1 Å². The van der Waals surface area contributed by atoms with Crippen LogP contribution in [0, 0.1) is 0 Å². The molecule has 4 aromatic rings. The minimum absolute atomic E-state index is 0.0383. The van der Waals surface area contributed by atoms with Crippen molar-refractivity contribution in [3.63, 3.8) is 0 Å². The lowest BCUT2D eigenvalue weighted by Gasteiger charge is -2.30. The van der Waals surface area contributed by atoms with Crippen LogP contribution in [0.1, 0.15) is 30.5 Å². The maximum atomic E-state index is 12.5. The molecule has 1 unspecified atom stereocenters. The second kappa shape index (κ2) is 7.78. The molecule has 4 aromatic carbocycles. The average Bonchev–Trinajstić information content (AvgIpc) is 3.30. The molecule has 33 heavy (non-hydrogen) atoms. The van der Waals surface area contributed by atoms with E-state index in [0.717, 1.165) is 16.8 Å². The molecule has 162 valence electrons. The molecule has 0 aliphatic carbocycles. The van der Waals surface area contributed by atoms with E-state index < -0.39 is 0 Å². The fraction of sp³-hybridized carbons (Fsp3) is 0.143. The Morgan fingerprint density at radius 2 is 1.64 bits per heavy atom. The second-order valence-electron chi connectivity index (χ2n) is 8.55. The van der Waals surface area contributed by atoms with E-state index in [2.05, 4.69) is 84.7 Å². The Hall–Kier alpha value is -3.57. The van der Waals surface area contributed by atoms with Crippen molar-refractivity contribution >= 4 is 45.5 Å². The SMILES string of the molecule is CC(=O)N1N=C(c2ccc3ccccc3c2)CC1c1ccc2c(c1)Sc1ccccc1N2C. The molecule has 2 aliphatic heterocycles. The van der Waals surface area contributed by atoms with Crippen LogP contribution < -0.4 is 4.90 Å². The minimum atomic E-state index is -0.0997. The zero-order valence-corrected chi connectivity index (χ0v) is 19.3. The molecular formula is C28H23N3OS. The van der Waals surface area contributed by atoms with Crippen molar-refractivity contribution in [1.29, 1.82) is 0 Å². The summed E-state index contributed by atoms with van der Waals surface area (Å²) in [4.78, 5) is 17.2. The van der Waals surface area contributed by atoms with E-state index in [1.54, 1.807) is 23.7 Å². The number of hydrogen-bond donors (Lipinski definition) is 0. The van der Waals surface area contributed by atoms with Gasteiger partial charge in [0, 0.05) is 30.2 Å². The van der Waals surface area contributed by atoms with E-state index in [4.69, 9.17) is 5.10 Å². The van der Waals surface area contributed by atoms with E-state index in [1.165, 1.54) is 31.9 Å². The van der Waals surface area contributed by atoms with Crippen LogP contribution in [0.15, 0.2) is 99.8 Å². The van der Waals surface area contributed by atoms with Gasteiger partial charge in [-0.3, -0.25) is 4.79 Å². The summed E-state index contributed by atoms with van der Waals surface area (Å²) in [6.45, 7) is 1.59. The predicted octanol–water partition coefficient (Wildman–Crippen LogP) is 6.77. The molecule has 2 aliphatic rings. The van der Waals surface area contributed by atoms with Gasteiger partial charge in [-0.1, -0.05) is 66.4 Å². The molecule has 0 saturated carbocycles. The highest BCUT2D eigenvalue weighted by Crippen LogP contribution is 2.48. The first-order chi connectivity index (χ1) is 16.1. The van der Waals surface area contributed by atoms with E-state index >= 15 is 0 Å². The van der Waals surface area contributed by atoms with Crippen LogP contribution in [0.5, 0.6) is 0 Å². The van der Waals surface area contributed by atoms with Crippen molar-refractivity contribution in [2.45, 2.75) is 29.2 Å². The van der Waals surface area contributed by atoms with Gasteiger partial charge < -0.3 is 4.90 Å². The summed E-state index contributed by atoms with van der Waals surface area (Å²) in [7, 11) is 2.11. The Balaban J connectivity index is 1.35. The molecule has 1 atom stereocenters. The number of rotatable bonds is 2. The molecule has 0 bridgehead atoms. The summed E-state index contributed by atoms with van der Waals surface area (Å²) in [5.41, 5.74) is 5.54. The number of carbonyl (C=O) groups excluding carboxylic acids is 1. The second-order valence-corrected chi connectivity index (χ2v) is 9.63. The lowest BCUT2D eigenvalue weighted by Crippen LogP contribution is -2.24.